The molecule has 0 saturated heterocycles. The second-order valence-corrected chi connectivity index (χ2v) is 22.5. The molecule has 0 amide bonds. The van der Waals surface area contributed by atoms with Crippen LogP contribution >= 0.6 is 0 Å². The smallest absolute Gasteiger partial charge is 0.197 e. The zero-order chi connectivity index (χ0) is 56.0. The van der Waals surface area contributed by atoms with E-state index in [4.69, 9.17) is 6.57 Å². The number of nitriles is 1. The molecule has 2 aromatic heterocycles. The number of hydrogen-bond donors (Lipinski definition) is 0. The summed E-state index contributed by atoms with van der Waals surface area (Å²) in [4.78, 5) is 4.44. The molecule has 2 heterocycles. The van der Waals surface area contributed by atoms with E-state index < -0.39 is 0 Å². The minimum atomic E-state index is 0.510. The van der Waals surface area contributed by atoms with Crippen LogP contribution in [-0.2, 0) is 0 Å². The Hall–Kier alpha value is -10.0. The van der Waals surface area contributed by atoms with Crippen molar-refractivity contribution in [3.05, 3.63) is 267 Å². The first kappa shape index (κ1) is 50.5. The van der Waals surface area contributed by atoms with Crippen LogP contribution in [0.3, 0.4) is 0 Å². The molecule has 4 heteroatoms. The number of aromatic nitrogens is 2. The summed E-state index contributed by atoms with van der Waals surface area (Å²) in [6.07, 6.45) is 0. The minimum Gasteiger partial charge on any atom is -0.310 e. The second-order valence-electron chi connectivity index (χ2n) is 22.5. The van der Waals surface area contributed by atoms with Gasteiger partial charge in [0.25, 0.3) is 0 Å². The summed E-state index contributed by atoms with van der Waals surface area (Å²) < 4.78 is 4.79. The number of benzene rings is 11. The van der Waals surface area contributed by atoms with E-state index in [0.717, 1.165) is 105 Å². The van der Waals surface area contributed by atoms with Crippen molar-refractivity contribution in [3.8, 4) is 84.2 Å². The molecule has 11 aromatic carbocycles. The molecule has 4 nitrogen and oxygen atoms in total. The van der Waals surface area contributed by atoms with Crippen LogP contribution in [0.4, 0.5) is 5.69 Å². The standard InChI is InChI=1S/C77H60N4/c1-45-17-26-59(50(6)35-45)54-22-31-70-65(40-54)66-41-55(60-27-18-46(2)36-51(60)7)23-32-71(66)80(70)74-15-11-13-64(63-30-21-49(5)39-58(63)44-78)76(74)77-69(79-10)14-12-16-75(77)81-72-33-24-56(61-28-19-47(3)37-52(61)8)42-67(72)68-43-57(25-34-73(68)81)62-29-20-48(4)38-53(62)9/h11-43H,1-9H3. The highest BCUT2D eigenvalue weighted by Gasteiger charge is 2.27. The van der Waals surface area contributed by atoms with Crippen molar-refractivity contribution in [2.75, 3.05) is 0 Å². The molecular formula is C77H60N4. The summed E-state index contributed by atoms with van der Waals surface area (Å²) in [6, 6.07) is 75.7. The van der Waals surface area contributed by atoms with E-state index in [9.17, 15) is 5.26 Å². The van der Waals surface area contributed by atoms with Crippen molar-refractivity contribution in [1.29, 1.82) is 5.26 Å². The minimum absolute atomic E-state index is 0.510. The van der Waals surface area contributed by atoms with Gasteiger partial charge in [-0.1, -0.05) is 156 Å². The van der Waals surface area contributed by atoms with Crippen molar-refractivity contribution < 1.29 is 0 Å². The predicted octanol–water partition coefficient (Wildman–Crippen LogP) is 21.1. The lowest BCUT2D eigenvalue weighted by Gasteiger charge is -2.23. The molecule has 0 atom stereocenters. The topological polar surface area (TPSA) is 38.0 Å². The Bertz CT molecular complexity index is 4670. The molecule has 81 heavy (non-hydrogen) atoms. The summed E-state index contributed by atoms with van der Waals surface area (Å²) in [5.41, 5.74) is 30.5. The molecule has 0 saturated carbocycles. The van der Waals surface area contributed by atoms with Gasteiger partial charge in [-0.3, -0.25) is 0 Å². The van der Waals surface area contributed by atoms with Crippen molar-refractivity contribution in [3.63, 3.8) is 0 Å². The van der Waals surface area contributed by atoms with E-state index in [2.05, 4.69) is 257 Å². The maximum Gasteiger partial charge on any atom is 0.197 e. The summed E-state index contributed by atoms with van der Waals surface area (Å²) in [7, 11) is 0. The molecule has 0 spiro atoms. The van der Waals surface area contributed by atoms with E-state index in [-0.39, 0.29) is 0 Å². The molecule has 0 aliphatic heterocycles. The van der Waals surface area contributed by atoms with Gasteiger partial charge in [-0.15, -0.1) is 0 Å². The van der Waals surface area contributed by atoms with Gasteiger partial charge in [-0.2, -0.15) is 5.26 Å². The normalized spacial score (nSPS) is 11.5. The molecule has 0 aliphatic carbocycles. The monoisotopic (exact) mass is 1040 g/mol. The van der Waals surface area contributed by atoms with Gasteiger partial charge >= 0.3 is 0 Å². The van der Waals surface area contributed by atoms with E-state index in [1.165, 1.54) is 66.8 Å². The van der Waals surface area contributed by atoms with Gasteiger partial charge in [0.05, 0.1) is 46.0 Å². The van der Waals surface area contributed by atoms with Crippen LogP contribution in [0.25, 0.3) is 127 Å². The third kappa shape index (κ3) is 8.51. The zero-order valence-electron chi connectivity index (χ0n) is 47.3. The summed E-state index contributed by atoms with van der Waals surface area (Å²) >= 11 is 0. The van der Waals surface area contributed by atoms with E-state index in [1.807, 2.05) is 25.1 Å². The Balaban J connectivity index is 1.15. The molecule has 0 fully saturated rings. The Kier molecular flexibility index (Phi) is 12.3. The maximum absolute atomic E-state index is 11.0. The number of nitrogens with zero attached hydrogens (tertiary/aromatic N) is 4. The van der Waals surface area contributed by atoms with Crippen molar-refractivity contribution in [2.24, 2.45) is 0 Å². The van der Waals surface area contributed by atoms with Gasteiger partial charge in [0.15, 0.2) is 5.69 Å². The van der Waals surface area contributed by atoms with Gasteiger partial charge in [0.1, 0.15) is 0 Å². The van der Waals surface area contributed by atoms with Crippen LogP contribution in [0.5, 0.6) is 0 Å². The fourth-order valence-electron chi connectivity index (χ4n) is 13.0. The molecule has 0 bridgehead atoms. The fraction of sp³-hybridized carbons (Fsp3) is 0.117. The van der Waals surface area contributed by atoms with Crippen LogP contribution < -0.4 is 0 Å². The first-order chi connectivity index (χ1) is 39.3. The molecule has 0 unspecified atom stereocenters. The van der Waals surface area contributed by atoms with Gasteiger partial charge in [-0.05, 0) is 207 Å². The summed E-state index contributed by atoms with van der Waals surface area (Å²) in [5.74, 6) is 0. The van der Waals surface area contributed by atoms with Crippen LogP contribution in [0.2, 0.25) is 0 Å². The maximum atomic E-state index is 11.0. The van der Waals surface area contributed by atoms with Gasteiger partial charge < -0.3 is 9.13 Å². The Morgan fingerprint density at radius 2 is 0.667 bits per heavy atom. The largest absolute Gasteiger partial charge is 0.310 e. The quantitative estimate of drug-likeness (QED) is 0.140. The first-order valence-corrected chi connectivity index (χ1v) is 27.9. The van der Waals surface area contributed by atoms with Gasteiger partial charge in [0, 0.05) is 43.9 Å². The van der Waals surface area contributed by atoms with Crippen molar-refractivity contribution in [2.45, 2.75) is 62.3 Å². The van der Waals surface area contributed by atoms with Crippen LogP contribution in [0, 0.1) is 80.2 Å². The van der Waals surface area contributed by atoms with Gasteiger partial charge in [-0.25, -0.2) is 4.85 Å². The summed E-state index contributed by atoms with van der Waals surface area (Å²) in [6.45, 7) is 28.5. The lowest BCUT2D eigenvalue weighted by molar-refractivity contribution is 1.16. The Morgan fingerprint density at radius 3 is 1.01 bits per heavy atom. The zero-order valence-corrected chi connectivity index (χ0v) is 47.3. The van der Waals surface area contributed by atoms with Crippen LogP contribution in [-0.4, -0.2) is 9.13 Å². The highest BCUT2D eigenvalue weighted by atomic mass is 15.0. The highest BCUT2D eigenvalue weighted by Crippen LogP contribution is 2.50. The first-order valence-electron chi connectivity index (χ1n) is 27.9. The highest BCUT2D eigenvalue weighted by molar-refractivity contribution is 6.15. The molecule has 388 valence electrons. The number of rotatable bonds is 8. The fourth-order valence-corrected chi connectivity index (χ4v) is 13.0. The third-order valence-corrected chi connectivity index (χ3v) is 16.8. The van der Waals surface area contributed by atoms with E-state index in [1.54, 1.807) is 0 Å². The van der Waals surface area contributed by atoms with Crippen molar-refractivity contribution >= 4 is 49.3 Å². The van der Waals surface area contributed by atoms with E-state index in [0.29, 0.717) is 11.3 Å². The molecule has 13 aromatic rings. The Labute approximate surface area is 474 Å². The molecule has 0 N–H and O–H groups in total. The SMILES string of the molecule is [C-]#[N+]c1cccc(-n2c3ccc(-c4ccc(C)cc4C)cc3c3cc(-c4ccc(C)cc4C)ccc32)c1-c1c(-c2ccc(C)cc2C#N)cccc1-n1c2ccc(-c3ccc(C)cc3C)cc2c2cc(-c3ccc(C)cc3C)ccc21. The molecule has 0 aliphatic rings. The van der Waals surface area contributed by atoms with Gasteiger partial charge in [0.2, 0.25) is 0 Å². The average molecular weight is 1040 g/mol. The second kappa shape index (κ2) is 19.7. The molecule has 13 rings (SSSR count). The molecule has 0 radical (unpaired) electrons. The summed E-state index contributed by atoms with van der Waals surface area (Å²) in [5, 5.41) is 15.5. The van der Waals surface area contributed by atoms with Crippen molar-refractivity contribution in [1.82, 2.24) is 9.13 Å². The average Bonchev–Trinajstić information content (AvgIpc) is 4.12. The van der Waals surface area contributed by atoms with Crippen LogP contribution in [0.1, 0.15) is 55.6 Å². The molecular weight excluding hydrogens is 981 g/mol. The van der Waals surface area contributed by atoms with E-state index >= 15 is 0 Å². The lowest BCUT2D eigenvalue weighted by atomic mass is 9.88. The lowest BCUT2D eigenvalue weighted by Crippen LogP contribution is -2.04. The van der Waals surface area contributed by atoms with Crippen LogP contribution in [0.15, 0.2) is 200 Å². The Morgan fingerprint density at radius 1 is 0.333 bits per heavy atom. The number of aryl methyl sites for hydroxylation is 9. The number of hydrogen-bond acceptors (Lipinski definition) is 1. The third-order valence-electron chi connectivity index (χ3n) is 16.8. The predicted molar refractivity (Wildman–Crippen MR) is 341 cm³/mol. The number of fused-ring (bicyclic) bond motifs is 6.